The van der Waals surface area contributed by atoms with Gasteiger partial charge in [-0.15, -0.1) is 12.4 Å². The summed E-state index contributed by atoms with van der Waals surface area (Å²) in [5.41, 5.74) is 4.34. The van der Waals surface area contributed by atoms with Gasteiger partial charge in [0.05, 0.1) is 57.5 Å². The summed E-state index contributed by atoms with van der Waals surface area (Å²) in [4.78, 5) is 4.65. The van der Waals surface area contributed by atoms with E-state index in [0.29, 0.717) is 57.9 Å². The Kier molecular flexibility index (Phi) is 12.4. The van der Waals surface area contributed by atoms with E-state index in [-0.39, 0.29) is 38.2 Å². The van der Waals surface area contributed by atoms with Crippen LogP contribution in [-0.4, -0.2) is 58.2 Å². The normalized spacial score (nSPS) is 19.8. The summed E-state index contributed by atoms with van der Waals surface area (Å²) < 4.78 is 57.2. The van der Waals surface area contributed by atoms with Gasteiger partial charge in [-0.25, -0.2) is 0 Å². The van der Waals surface area contributed by atoms with Gasteiger partial charge in [-0.2, -0.15) is 0 Å². The van der Waals surface area contributed by atoms with Gasteiger partial charge in [-0.1, -0.05) is 18.2 Å². The summed E-state index contributed by atoms with van der Waals surface area (Å²) in [5.74, 6) is 6.87. The molecule has 56 heavy (non-hydrogen) atoms. The quantitative estimate of drug-likeness (QED) is 0.121. The van der Waals surface area contributed by atoms with Gasteiger partial charge in [0.15, 0.2) is 46.0 Å². The molecule has 9 rings (SSSR count). The first-order valence-corrected chi connectivity index (χ1v) is 19.1. The molecule has 0 amide bonds. The smallest absolute Gasteiger partial charge is 0.231 e. The Morgan fingerprint density at radius 3 is 1.64 bits per heavy atom. The monoisotopic (exact) mass is 785 g/mol. The zero-order valence-electron chi connectivity index (χ0n) is 32.1. The molecule has 11 nitrogen and oxygen atoms in total. The third kappa shape index (κ3) is 8.07. The van der Waals surface area contributed by atoms with Crippen LogP contribution < -0.4 is 37.9 Å². The van der Waals surface area contributed by atoms with Gasteiger partial charge in [0, 0.05) is 29.8 Å². The molecule has 0 N–H and O–H groups in total. The molecule has 12 heteroatoms. The zero-order chi connectivity index (χ0) is 37.7. The van der Waals surface area contributed by atoms with Crippen LogP contribution in [0, 0.1) is 11.8 Å². The van der Waals surface area contributed by atoms with Crippen molar-refractivity contribution >= 4 is 23.2 Å². The van der Waals surface area contributed by atoms with E-state index < -0.39 is 0 Å². The van der Waals surface area contributed by atoms with Crippen molar-refractivity contribution in [1.29, 1.82) is 0 Å². The summed E-state index contributed by atoms with van der Waals surface area (Å²) in [6, 6.07) is 24.2. The molecule has 2 fully saturated rings. The van der Waals surface area contributed by atoms with E-state index in [1.54, 1.807) is 0 Å². The van der Waals surface area contributed by atoms with Crippen LogP contribution in [0.15, 0.2) is 79.0 Å². The molecule has 4 aliphatic heterocycles. The zero-order valence-corrected chi connectivity index (χ0v) is 32.9. The van der Waals surface area contributed by atoms with Gasteiger partial charge in [-0.3, -0.25) is 4.98 Å². The van der Waals surface area contributed by atoms with Crippen LogP contribution in [0.1, 0.15) is 62.3 Å². The van der Waals surface area contributed by atoms with Gasteiger partial charge >= 0.3 is 0 Å². The number of rotatable bonds is 12. The Hall–Kier alpha value is -5.10. The molecule has 5 aromatic rings. The van der Waals surface area contributed by atoms with Gasteiger partial charge < -0.3 is 47.4 Å². The first-order valence-electron chi connectivity index (χ1n) is 19.1. The highest BCUT2D eigenvalue weighted by Gasteiger charge is 2.48. The molecule has 0 radical (unpaired) electrons. The number of hydrogen-bond donors (Lipinski definition) is 0. The van der Waals surface area contributed by atoms with Gasteiger partial charge in [-0.05, 0) is 104 Å². The second-order valence-corrected chi connectivity index (χ2v) is 13.5. The van der Waals surface area contributed by atoms with E-state index in [1.807, 2.05) is 88.5 Å². The standard InChI is InChI=1S/C24H29NO4.C20H18O6.ClH/c1-5-26-21-10-9-17(14-22(21)27-6-2)13-20-19-16-24(29-8-4)23(28-7-3)15-18(19)11-12-25-20;1-3-15-17(25-9-23-15)5-11(1)19-13-7-22-20(14(13)8-21-19)12-2-4-16-18(6-12)26-10-24-16;/h9-12,14-16H,5-8,13H2,1-4H3;1-6,13-14,19-20H,7-10H2;1H. The van der Waals surface area contributed by atoms with E-state index in [9.17, 15) is 0 Å². The summed E-state index contributed by atoms with van der Waals surface area (Å²) in [6.07, 6.45) is 2.57. The van der Waals surface area contributed by atoms with Crippen molar-refractivity contribution in [2.45, 2.75) is 46.3 Å². The molecule has 296 valence electrons. The maximum atomic E-state index is 6.18. The molecule has 1 aromatic heterocycles. The second kappa shape index (κ2) is 17.8. The van der Waals surface area contributed by atoms with Crippen molar-refractivity contribution in [3.05, 3.63) is 101 Å². The highest BCUT2D eigenvalue weighted by molar-refractivity contribution is 5.88. The van der Waals surface area contributed by atoms with Crippen molar-refractivity contribution in [2.75, 3.05) is 53.2 Å². The van der Waals surface area contributed by atoms with Crippen molar-refractivity contribution in [3.63, 3.8) is 0 Å². The van der Waals surface area contributed by atoms with E-state index in [1.165, 1.54) is 0 Å². The SMILES string of the molecule is CCOc1ccc(Cc2nccc3cc(OCC)c(OCC)cc23)cc1OCC.Cl.c1cc2c(cc1C1OCC3C(c4ccc5c(c4)OCO5)OCC13)OCO2. The van der Waals surface area contributed by atoms with Gasteiger partial charge in [0.25, 0.3) is 0 Å². The van der Waals surface area contributed by atoms with E-state index in [0.717, 1.165) is 79.2 Å². The first-order chi connectivity index (χ1) is 27.1. The molecule has 5 heterocycles. The largest absolute Gasteiger partial charge is 0.490 e. The first kappa shape index (κ1) is 39.1. The van der Waals surface area contributed by atoms with Crippen molar-refractivity contribution in [3.8, 4) is 46.0 Å². The molecular formula is C44H48ClNO10. The van der Waals surface area contributed by atoms with Crippen LogP contribution in [-0.2, 0) is 15.9 Å². The Morgan fingerprint density at radius 1 is 0.554 bits per heavy atom. The fraction of sp³-hybridized carbons (Fsp3) is 0.386. The Balaban J connectivity index is 0.000000169. The second-order valence-electron chi connectivity index (χ2n) is 13.5. The summed E-state index contributed by atoms with van der Waals surface area (Å²) in [5, 5.41) is 2.14. The molecule has 4 aliphatic rings. The predicted molar refractivity (Wildman–Crippen MR) is 212 cm³/mol. The summed E-state index contributed by atoms with van der Waals surface area (Å²) in [6.45, 7) is 12.2. The molecule has 4 atom stereocenters. The summed E-state index contributed by atoms with van der Waals surface area (Å²) in [7, 11) is 0. The molecule has 2 saturated heterocycles. The molecule has 4 unspecified atom stereocenters. The minimum absolute atomic E-state index is 0. The molecular weight excluding hydrogens is 738 g/mol. The number of benzene rings is 4. The number of pyridine rings is 1. The Morgan fingerprint density at radius 2 is 1.07 bits per heavy atom. The van der Waals surface area contributed by atoms with Crippen LogP contribution in [0.25, 0.3) is 10.8 Å². The highest BCUT2D eigenvalue weighted by atomic mass is 35.5. The minimum Gasteiger partial charge on any atom is -0.490 e. The maximum Gasteiger partial charge on any atom is 0.231 e. The maximum absolute atomic E-state index is 6.18. The van der Waals surface area contributed by atoms with Crippen molar-refractivity contribution < 1.29 is 47.4 Å². The van der Waals surface area contributed by atoms with Crippen LogP contribution in [0.2, 0.25) is 0 Å². The third-order valence-electron chi connectivity index (χ3n) is 10.2. The van der Waals surface area contributed by atoms with Crippen molar-refractivity contribution in [2.24, 2.45) is 11.8 Å². The predicted octanol–water partition coefficient (Wildman–Crippen LogP) is 9.06. The van der Waals surface area contributed by atoms with Crippen molar-refractivity contribution in [1.82, 2.24) is 4.98 Å². The van der Waals surface area contributed by atoms with E-state index in [4.69, 9.17) is 47.4 Å². The lowest BCUT2D eigenvalue weighted by Gasteiger charge is -2.17. The average Bonchev–Trinajstić information content (AvgIpc) is 4.02. The van der Waals surface area contributed by atoms with E-state index in [2.05, 4.69) is 23.2 Å². The number of aromatic nitrogens is 1. The van der Waals surface area contributed by atoms with E-state index >= 15 is 0 Å². The van der Waals surface area contributed by atoms with Crippen LogP contribution in [0.4, 0.5) is 0 Å². The Labute approximate surface area is 333 Å². The lowest BCUT2D eigenvalue weighted by molar-refractivity contribution is 0.0192. The lowest BCUT2D eigenvalue weighted by atomic mass is 9.85. The number of ether oxygens (including phenoxy) is 10. The average molecular weight is 786 g/mol. The molecule has 0 bridgehead atoms. The van der Waals surface area contributed by atoms with Gasteiger partial charge in [0.2, 0.25) is 13.6 Å². The van der Waals surface area contributed by atoms with Crippen LogP contribution >= 0.6 is 12.4 Å². The topological polar surface area (TPSA) is 105 Å². The molecule has 0 spiro atoms. The number of halogens is 1. The molecule has 4 aromatic carbocycles. The summed E-state index contributed by atoms with van der Waals surface area (Å²) >= 11 is 0. The van der Waals surface area contributed by atoms with Gasteiger partial charge in [0.1, 0.15) is 0 Å². The number of nitrogens with zero attached hydrogens (tertiary/aromatic N) is 1. The number of hydrogen-bond acceptors (Lipinski definition) is 11. The lowest BCUT2D eigenvalue weighted by Crippen LogP contribution is -2.14. The molecule has 0 saturated carbocycles. The highest BCUT2D eigenvalue weighted by Crippen LogP contribution is 2.52. The van der Waals surface area contributed by atoms with Crippen LogP contribution in [0.5, 0.6) is 46.0 Å². The van der Waals surface area contributed by atoms with Crippen LogP contribution in [0.3, 0.4) is 0 Å². The minimum atomic E-state index is 0. The number of fused-ring (bicyclic) bond motifs is 4. The fourth-order valence-electron chi connectivity index (χ4n) is 7.73. The fourth-order valence-corrected chi connectivity index (χ4v) is 7.73. The Bertz CT molecular complexity index is 2060. The third-order valence-corrected chi connectivity index (χ3v) is 10.2. The molecule has 0 aliphatic carbocycles.